The van der Waals surface area contributed by atoms with Crippen molar-refractivity contribution in [3.05, 3.63) is 52.8 Å². The topological polar surface area (TPSA) is 81.5 Å². The Bertz CT molecular complexity index is 1250. The van der Waals surface area contributed by atoms with E-state index in [1.165, 1.54) is 6.07 Å². The number of nitrogens with one attached hydrogen (secondary N) is 1. The van der Waals surface area contributed by atoms with Crippen molar-refractivity contribution in [2.45, 2.75) is 43.5 Å². The number of aromatic nitrogens is 1. The standard InChI is InChI=1S/C24H22F3N5O2S/c1-31-22(35)32(16-9-19(24(25,26)27)20(12-28)30-13-16)21(33)23(31)10-14-2-3-18(8-15(14)11-23)34-17-4-6-29-7-5-17/h2-3,8-9,13,17,29H,4-7,10-11H2,1H3. The summed E-state index contributed by atoms with van der Waals surface area (Å²) in [6, 6.07) is 8.00. The van der Waals surface area contributed by atoms with E-state index >= 15 is 0 Å². The van der Waals surface area contributed by atoms with Gasteiger partial charge in [-0.1, -0.05) is 6.07 Å². The van der Waals surface area contributed by atoms with Crippen molar-refractivity contribution < 1.29 is 22.7 Å². The number of ether oxygens (including phenoxy) is 1. The van der Waals surface area contributed by atoms with E-state index in [0.29, 0.717) is 12.8 Å². The Hall–Kier alpha value is -3.23. The van der Waals surface area contributed by atoms with Gasteiger partial charge in [0, 0.05) is 19.9 Å². The number of nitriles is 1. The molecule has 0 radical (unpaired) electrons. The van der Waals surface area contributed by atoms with Crippen molar-refractivity contribution in [1.82, 2.24) is 15.2 Å². The molecule has 1 atom stereocenters. The number of carbonyl (C=O) groups excluding carboxylic acids is 1. The van der Waals surface area contributed by atoms with Crippen LogP contribution in [-0.2, 0) is 23.8 Å². The van der Waals surface area contributed by atoms with E-state index < -0.39 is 28.9 Å². The van der Waals surface area contributed by atoms with Gasteiger partial charge in [0.2, 0.25) is 0 Å². The number of fused-ring (bicyclic) bond motifs is 1. The third-order valence-corrected chi connectivity index (χ3v) is 7.45. The Labute approximate surface area is 205 Å². The van der Waals surface area contributed by atoms with Gasteiger partial charge in [0.1, 0.15) is 23.5 Å². The molecule has 0 bridgehead atoms. The quantitative estimate of drug-likeness (QED) is 0.647. The number of piperidine rings is 1. The average molecular weight is 502 g/mol. The van der Waals surface area contributed by atoms with Crippen molar-refractivity contribution in [1.29, 1.82) is 5.26 Å². The Morgan fingerprint density at radius 3 is 2.63 bits per heavy atom. The molecule has 11 heteroatoms. The maximum absolute atomic E-state index is 13.7. The second kappa shape index (κ2) is 8.46. The van der Waals surface area contributed by atoms with Crippen LogP contribution in [0.15, 0.2) is 30.5 Å². The molecule has 2 fully saturated rings. The normalized spacial score (nSPS) is 22.6. The molecule has 5 rings (SSSR count). The van der Waals surface area contributed by atoms with Crippen LogP contribution >= 0.6 is 12.2 Å². The predicted molar refractivity (Wildman–Crippen MR) is 125 cm³/mol. The van der Waals surface area contributed by atoms with Crippen LogP contribution in [0.25, 0.3) is 0 Å². The summed E-state index contributed by atoms with van der Waals surface area (Å²) in [5, 5.41) is 12.4. The van der Waals surface area contributed by atoms with Crippen LogP contribution in [0.4, 0.5) is 18.9 Å². The SMILES string of the molecule is CN1C(=S)N(c2cnc(C#N)c(C(F)(F)F)c2)C(=O)C12Cc1ccc(OC3CCNCC3)cc1C2. The first-order valence-corrected chi connectivity index (χ1v) is 11.6. The molecule has 0 saturated carbocycles. The van der Waals surface area contributed by atoms with E-state index in [4.69, 9.17) is 22.2 Å². The summed E-state index contributed by atoms with van der Waals surface area (Å²) in [4.78, 5) is 20.1. The first-order valence-electron chi connectivity index (χ1n) is 11.2. The largest absolute Gasteiger partial charge is 0.490 e. The van der Waals surface area contributed by atoms with Crippen LogP contribution in [0.3, 0.4) is 0 Å². The number of rotatable bonds is 3. The summed E-state index contributed by atoms with van der Waals surface area (Å²) in [5.74, 6) is 0.327. The number of amides is 1. The van der Waals surface area contributed by atoms with Crippen molar-refractivity contribution in [3.63, 3.8) is 0 Å². The van der Waals surface area contributed by atoms with Crippen molar-refractivity contribution in [2.24, 2.45) is 0 Å². The van der Waals surface area contributed by atoms with Gasteiger partial charge in [-0.15, -0.1) is 0 Å². The molecule has 1 amide bonds. The summed E-state index contributed by atoms with van der Waals surface area (Å²) in [7, 11) is 1.68. The molecule has 1 unspecified atom stereocenters. The van der Waals surface area contributed by atoms with E-state index in [1.54, 1.807) is 11.9 Å². The van der Waals surface area contributed by atoms with Crippen molar-refractivity contribution >= 4 is 28.9 Å². The number of thiocarbonyl (C=S) groups is 1. The Morgan fingerprint density at radius 1 is 1.23 bits per heavy atom. The molecule has 3 aliphatic rings. The third-order valence-electron chi connectivity index (χ3n) is 7.00. The minimum absolute atomic E-state index is 0.0913. The van der Waals surface area contributed by atoms with E-state index in [0.717, 1.165) is 60.0 Å². The average Bonchev–Trinajstić information content (AvgIpc) is 3.30. The highest BCUT2D eigenvalue weighted by molar-refractivity contribution is 7.80. The Kier molecular flexibility index (Phi) is 5.68. The van der Waals surface area contributed by atoms with E-state index in [1.807, 2.05) is 18.2 Å². The smallest absolute Gasteiger partial charge is 0.419 e. The van der Waals surface area contributed by atoms with Crippen LogP contribution in [0.1, 0.15) is 35.2 Å². The molecule has 1 aromatic carbocycles. The second-order valence-electron chi connectivity index (χ2n) is 9.06. The first kappa shape index (κ1) is 23.5. The molecule has 1 N–H and O–H groups in total. The van der Waals surface area contributed by atoms with Gasteiger partial charge in [0.05, 0.1) is 17.4 Å². The fourth-order valence-electron chi connectivity index (χ4n) is 5.08. The number of carbonyl (C=O) groups is 1. The monoisotopic (exact) mass is 501 g/mol. The number of alkyl halides is 3. The number of benzene rings is 1. The summed E-state index contributed by atoms with van der Waals surface area (Å²) >= 11 is 5.50. The zero-order valence-corrected chi connectivity index (χ0v) is 19.7. The van der Waals surface area contributed by atoms with Gasteiger partial charge in [0.15, 0.2) is 10.8 Å². The maximum Gasteiger partial charge on any atom is 0.419 e. The zero-order chi connectivity index (χ0) is 25.0. The highest BCUT2D eigenvalue weighted by Crippen LogP contribution is 2.43. The predicted octanol–water partition coefficient (Wildman–Crippen LogP) is 3.20. The lowest BCUT2D eigenvalue weighted by Gasteiger charge is -2.28. The molecule has 2 aliphatic heterocycles. The molecule has 7 nitrogen and oxygen atoms in total. The number of hydrogen-bond donors (Lipinski definition) is 1. The molecular formula is C24H22F3N5O2S. The summed E-state index contributed by atoms with van der Waals surface area (Å²) < 4.78 is 46.6. The minimum Gasteiger partial charge on any atom is -0.490 e. The van der Waals surface area contributed by atoms with Crippen LogP contribution in [-0.4, -0.2) is 52.7 Å². The number of anilines is 1. The Balaban J connectivity index is 1.44. The number of halogens is 3. The number of pyridine rings is 1. The molecule has 35 heavy (non-hydrogen) atoms. The van der Waals surface area contributed by atoms with Crippen LogP contribution < -0.4 is 15.0 Å². The molecule has 2 saturated heterocycles. The van der Waals surface area contributed by atoms with Crippen LogP contribution in [0.2, 0.25) is 0 Å². The number of nitrogens with zero attached hydrogens (tertiary/aromatic N) is 4. The second-order valence-corrected chi connectivity index (χ2v) is 9.43. The molecule has 1 spiro atoms. The van der Waals surface area contributed by atoms with Gasteiger partial charge >= 0.3 is 6.18 Å². The van der Waals surface area contributed by atoms with Crippen LogP contribution in [0.5, 0.6) is 5.75 Å². The maximum atomic E-state index is 13.7. The van der Waals surface area contributed by atoms with Crippen molar-refractivity contribution in [3.8, 4) is 11.8 Å². The van der Waals surface area contributed by atoms with Gasteiger partial charge in [-0.25, -0.2) is 4.98 Å². The van der Waals surface area contributed by atoms with Gasteiger partial charge in [-0.3, -0.25) is 9.69 Å². The third kappa shape index (κ3) is 3.90. The molecular weight excluding hydrogens is 479 g/mol. The van der Waals surface area contributed by atoms with Crippen molar-refractivity contribution in [2.75, 3.05) is 25.0 Å². The molecule has 182 valence electrons. The van der Waals surface area contributed by atoms with Gasteiger partial charge in [-0.05, 0) is 67.5 Å². The van der Waals surface area contributed by atoms with Crippen LogP contribution in [0, 0.1) is 11.3 Å². The summed E-state index contributed by atoms with van der Waals surface area (Å²) in [6.07, 6.45) is -1.01. The summed E-state index contributed by atoms with van der Waals surface area (Å²) in [5.41, 5.74) is -1.18. The highest BCUT2D eigenvalue weighted by atomic mass is 32.1. The fraction of sp³-hybridized carbons (Fsp3) is 0.417. The first-order chi connectivity index (χ1) is 16.6. The molecule has 1 aromatic heterocycles. The fourth-order valence-corrected chi connectivity index (χ4v) is 5.44. The summed E-state index contributed by atoms with van der Waals surface area (Å²) in [6.45, 7) is 1.82. The lowest BCUT2D eigenvalue weighted by molar-refractivity contribution is -0.138. The van der Waals surface area contributed by atoms with E-state index in [9.17, 15) is 18.0 Å². The van der Waals surface area contributed by atoms with Gasteiger partial charge in [-0.2, -0.15) is 18.4 Å². The Morgan fingerprint density at radius 2 is 1.94 bits per heavy atom. The van der Waals surface area contributed by atoms with Gasteiger partial charge < -0.3 is 15.0 Å². The zero-order valence-electron chi connectivity index (χ0n) is 18.9. The minimum atomic E-state index is -4.80. The lowest BCUT2D eigenvalue weighted by Crippen LogP contribution is -2.48. The van der Waals surface area contributed by atoms with E-state index in [-0.39, 0.29) is 16.9 Å². The number of likely N-dealkylation sites (N-methyl/N-ethyl adjacent to an activating group) is 1. The lowest BCUT2D eigenvalue weighted by atomic mass is 9.94. The van der Waals surface area contributed by atoms with Gasteiger partial charge in [0.25, 0.3) is 5.91 Å². The highest BCUT2D eigenvalue weighted by Gasteiger charge is 2.57. The molecule has 2 aromatic rings. The van der Waals surface area contributed by atoms with E-state index in [2.05, 4.69) is 10.3 Å². The molecule has 3 heterocycles. The molecule has 1 aliphatic carbocycles. The number of hydrogen-bond acceptors (Lipinski definition) is 6.